The van der Waals surface area contributed by atoms with Gasteiger partial charge in [0, 0.05) is 12.2 Å². The molecule has 0 aliphatic rings. The molecule has 2 rings (SSSR count). The van der Waals surface area contributed by atoms with E-state index in [9.17, 15) is 28.5 Å². The average molecular weight is 439 g/mol. The van der Waals surface area contributed by atoms with Crippen molar-refractivity contribution < 1.29 is 33.6 Å². The summed E-state index contributed by atoms with van der Waals surface area (Å²) in [6.45, 7) is 0.853. The number of para-hydroxylation sites is 1. The van der Waals surface area contributed by atoms with E-state index in [1.165, 1.54) is 24.3 Å². The molecule has 1 amide bonds. The summed E-state index contributed by atoms with van der Waals surface area (Å²) in [6.07, 6.45) is -4.54. The fourth-order valence-corrected chi connectivity index (χ4v) is 3.33. The van der Waals surface area contributed by atoms with Crippen LogP contribution in [0.5, 0.6) is 0 Å². The van der Waals surface area contributed by atoms with Crippen LogP contribution in [-0.2, 0) is 10.0 Å². The summed E-state index contributed by atoms with van der Waals surface area (Å²) in [5.41, 5.74) is 3.35. The van der Waals surface area contributed by atoms with Gasteiger partial charge in [-0.25, -0.2) is 8.42 Å². The number of anilines is 1. The number of benzene rings is 2. The first kappa shape index (κ1) is 23.7. The Morgan fingerprint density at radius 1 is 1.00 bits per heavy atom. The molecule has 0 bridgehead atoms. The first-order chi connectivity index (χ1) is 14.2. The van der Waals surface area contributed by atoms with Crippen molar-refractivity contribution in [2.24, 2.45) is 0 Å². The van der Waals surface area contributed by atoms with Gasteiger partial charge in [0.15, 0.2) is 0 Å². The van der Waals surface area contributed by atoms with Crippen LogP contribution in [0, 0.1) is 6.92 Å². The number of carbonyl (C=O) groups excluding carboxylic acids is 1. The molecule has 0 heterocycles. The van der Waals surface area contributed by atoms with Crippen molar-refractivity contribution in [3.8, 4) is 0 Å². The number of aliphatic hydroxyl groups is 4. The Hall–Kier alpha value is -2.54. The van der Waals surface area contributed by atoms with Gasteiger partial charge in [-0.15, -0.1) is 4.83 Å². The number of rotatable bonds is 10. The zero-order valence-corrected chi connectivity index (χ0v) is 17.0. The van der Waals surface area contributed by atoms with Crippen LogP contribution in [0.2, 0.25) is 0 Å². The minimum Gasteiger partial charge on any atom is -0.394 e. The van der Waals surface area contributed by atoms with Crippen molar-refractivity contribution in [3.63, 3.8) is 0 Å². The zero-order chi connectivity index (χ0) is 22.3. The summed E-state index contributed by atoms with van der Waals surface area (Å²) in [6, 6.07) is 12.2. The monoisotopic (exact) mass is 439 g/mol. The quantitative estimate of drug-likeness (QED) is 0.234. The van der Waals surface area contributed by atoms with Gasteiger partial charge in [-0.3, -0.25) is 10.2 Å². The normalized spacial score (nSPS) is 14.6. The molecule has 30 heavy (non-hydrogen) atoms. The van der Waals surface area contributed by atoms with Gasteiger partial charge in [0.1, 0.15) is 12.2 Å². The van der Waals surface area contributed by atoms with Gasteiger partial charge in [-0.1, -0.05) is 29.8 Å². The van der Waals surface area contributed by atoms with E-state index in [1.807, 2.05) is 11.8 Å². The topological polar surface area (TPSA) is 168 Å². The van der Waals surface area contributed by atoms with Gasteiger partial charge >= 0.3 is 0 Å². The lowest BCUT2D eigenvalue weighted by Gasteiger charge is -2.22. The molecule has 164 valence electrons. The van der Waals surface area contributed by atoms with Crippen LogP contribution in [0.15, 0.2) is 53.4 Å². The largest absolute Gasteiger partial charge is 0.394 e. The summed E-state index contributed by atoms with van der Waals surface area (Å²) in [4.78, 5) is 14.5. The predicted octanol–water partition coefficient (Wildman–Crippen LogP) is -0.895. The summed E-state index contributed by atoms with van der Waals surface area (Å²) in [7, 11) is -3.97. The Balaban J connectivity index is 2.04. The van der Waals surface area contributed by atoms with E-state index >= 15 is 0 Å². The van der Waals surface area contributed by atoms with Gasteiger partial charge < -0.3 is 25.7 Å². The standard InChI is InChI=1S/C19H25N3O7S/c1-12-6-8-13(9-7-12)30(28,29)22-21-19(27)14-4-2-3-5-15(14)20-10-16(24)18(26)17(25)11-23/h2-9,16-18,20,22-26H,10-11H2,1H3,(H,21,27)/t16-,17-,18-/m1/s1. The maximum Gasteiger partial charge on any atom is 0.268 e. The summed E-state index contributed by atoms with van der Waals surface area (Å²) < 4.78 is 24.6. The minimum atomic E-state index is -3.97. The Bertz CT molecular complexity index is 951. The van der Waals surface area contributed by atoms with Crippen LogP contribution in [-0.4, -0.2) is 66.2 Å². The van der Waals surface area contributed by atoms with Crippen molar-refractivity contribution in [2.45, 2.75) is 30.1 Å². The van der Waals surface area contributed by atoms with Crippen LogP contribution >= 0.6 is 0 Å². The van der Waals surface area contributed by atoms with Crippen LogP contribution < -0.4 is 15.6 Å². The van der Waals surface area contributed by atoms with E-state index in [-0.39, 0.29) is 22.7 Å². The molecular weight excluding hydrogens is 414 g/mol. The summed E-state index contributed by atoms with van der Waals surface area (Å²) in [5.74, 6) is -0.751. The highest BCUT2D eigenvalue weighted by molar-refractivity contribution is 7.89. The van der Waals surface area contributed by atoms with Crippen LogP contribution in [0.1, 0.15) is 15.9 Å². The molecule has 0 radical (unpaired) electrons. The molecule has 3 atom stereocenters. The van der Waals surface area contributed by atoms with Gasteiger partial charge in [0.25, 0.3) is 15.9 Å². The highest BCUT2D eigenvalue weighted by Gasteiger charge is 2.24. The SMILES string of the molecule is Cc1ccc(S(=O)(=O)NNC(=O)c2ccccc2NC[C@@H](O)[C@@H](O)[C@H](O)CO)cc1. The number of aryl methyl sites for hydroxylation is 1. The number of hydrogen-bond acceptors (Lipinski definition) is 8. The molecule has 0 fully saturated rings. The van der Waals surface area contributed by atoms with Crippen LogP contribution in [0.4, 0.5) is 5.69 Å². The molecule has 2 aromatic rings. The van der Waals surface area contributed by atoms with Crippen molar-refractivity contribution in [1.82, 2.24) is 10.3 Å². The smallest absolute Gasteiger partial charge is 0.268 e. The van der Waals surface area contributed by atoms with Gasteiger partial charge in [0.2, 0.25) is 0 Å². The Morgan fingerprint density at radius 3 is 2.27 bits per heavy atom. The second-order valence-electron chi connectivity index (χ2n) is 6.61. The van der Waals surface area contributed by atoms with E-state index < -0.39 is 40.8 Å². The number of sulfonamides is 1. The highest BCUT2D eigenvalue weighted by Crippen LogP contribution is 2.16. The molecule has 10 nitrogen and oxygen atoms in total. The fraction of sp³-hybridized carbons (Fsp3) is 0.316. The van der Waals surface area contributed by atoms with E-state index in [0.717, 1.165) is 5.56 Å². The van der Waals surface area contributed by atoms with Crippen molar-refractivity contribution in [1.29, 1.82) is 0 Å². The molecule has 0 unspecified atom stereocenters. The molecule has 0 aliphatic heterocycles. The van der Waals surface area contributed by atoms with E-state index in [0.29, 0.717) is 0 Å². The van der Waals surface area contributed by atoms with E-state index in [2.05, 4.69) is 10.7 Å². The lowest BCUT2D eigenvalue weighted by atomic mass is 10.1. The van der Waals surface area contributed by atoms with E-state index in [4.69, 9.17) is 5.11 Å². The lowest BCUT2D eigenvalue weighted by molar-refractivity contribution is -0.0715. The number of nitrogens with one attached hydrogen (secondary N) is 3. The van der Waals surface area contributed by atoms with Gasteiger partial charge in [0.05, 0.1) is 23.2 Å². The number of hydrogen-bond donors (Lipinski definition) is 7. The molecule has 0 aliphatic carbocycles. The fourth-order valence-electron chi connectivity index (χ4n) is 2.49. The van der Waals surface area contributed by atoms with E-state index in [1.54, 1.807) is 24.3 Å². The predicted molar refractivity (Wildman–Crippen MR) is 109 cm³/mol. The van der Waals surface area contributed by atoms with Crippen LogP contribution in [0.3, 0.4) is 0 Å². The number of aliphatic hydroxyl groups excluding tert-OH is 4. The Morgan fingerprint density at radius 2 is 1.63 bits per heavy atom. The molecule has 0 saturated carbocycles. The maximum absolute atomic E-state index is 12.5. The molecule has 0 saturated heterocycles. The first-order valence-corrected chi connectivity index (χ1v) is 10.5. The Labute approximate surface area is 174 Å². The van der Waals surface area contributed by atoms with Gasteiger partial charge in [-0.05, 0) is 31.2 Å². The maximum atomic E-state index is 12.5. The first-order valence-electron chi connectivity index (χ1n) is 9.02. The molecular formula is C19H25N3O7S. The third-order valence-corrected chi connectivity index (χ3v) is 5.54. The van der Waals surface area contributed by atoms with Crippen molar-refractivity contribution in [3.05, 3.63) is 59.7 Å². The number of amides is 1. The third kappa shape index (κ3) is 6.23. The summed E-state index contributed by atoms with van der Waals surface area (Å²) in [5, 5.41) is 40.5. The van der Waals surface area contributed by atoms with Crippen LogP contribution in [0.25, 0.3) is 0 Å². The second kappa shape index (κ2) is 10.5. The number of carbonyl (C=O) groups is 1. The summed E-state index contributed by atoms with van der Waals surface area (Å²) >= 11 is 0. The van der Waals surface area contributed by atoms with Gasteiger partial charge in [-0.2, -0.15) is 0 Å². The van der Waals surface area contributed by atoms with Crippen molar-refractivity contribution >= 4 is 21.6 Å². The minimum absolute atomic E-state index is 0.0145. The molecule has 0 aromatic heterocycles. The zero-order valence-electron chi connectivity index (χ0n) is 16.2. The highest BCUT2D eigenvalue weighted by atomic mass is 32.2. The molecule has 11 heteroatoms. The molecule has 0 spiro atoms. The molecule has 7 N–H and O–H groups in total. The lowest BCUT2D eigenvalue weighted by Crippen LogP contribution is -2.43. The molecule has 2 aromatic carbocycles. The third-order valence-electron chi connectivity index (χ3n) is 4.28. The number of hydrazine groups is 1. The average Bonchev–Trinajstić information content (AvgIpc) is 2.75. The Kier molecular flexibility index (Phi) is 8.29. The van der Waals surface area contributed by atoms with Crippen molar-refractivity contribution in [2.75, 3.05) is 18.5 Å². The second-order valence-corrected chi connectivity index (χ2v) is 8.29.